The van der Waals surface area contributed by atoms with Gasteiger partial charge >= 0.3 is 5.97 Å². The monoisotopic (exact) mass is 916 g/mol. The third-order valence-electron chi connectivity index (χ3n) is 10.6. The highest BCUT2D eigenvalue weighted by molar-refractivity contribution is 14.1. The predicted octanol–water partition coefficient (Wildman–Crippen LogP) is 7.36. The molecule has 15 heteroatoms. The van der Waals surface area contributed by atoms with Crippen LogP contribution in [0.3, 0.4) is 0 Å². The maximum Gasteiger partial charge on any atom is 0.303 e. The van der Waals surface area contributed by atoms with Crippen LogP contribution in [0.15, 0.2) is 71.8 Å². The van der Waals surface area contributed by atoms with E-state index in [1.165, 1.54) is 25.3 Å². The fourth-order valence-corrected chi connectivity index (χ4v) is 9.68. The van der Waals surface area contributed by atoms with Gasteiger partial charge in [-0.3, -0.25) is 8.98 Å². The van der Waals surface area contributed by atoms with Gasteiger partial charge in [0.05, 0.1) is 40.0 Å². The first-order valence-electron chi connectivity index (χ1n) is 18.9. The smallest absolute Gasteiger partial charge is 0.303 e. The van der Waals surface area contributed by atoms with Crippen LogP contribution in [0.4, 0.5) is 0 Å². The normalized spacial score (nSPS) is 31.8. The summed E-state index contributed by atoms with van der Waals surface area (Å²) in [6, 6.07) is 16.1. The Hall–Kier alpha value is -1.93. The minimum absolute atomic E-state index is 0.0317. The van der Waals surface area contributed by atoms with E-state index in [-0.39, 0.29) is 35.4 Å². The number of rotatable bonds is 14. The quantitative estimate of drug-likeness (QED) is 0.0617. The molecular formula is C40H57IO12SSi. The molecule has 2 aromatic rings. The van der Waals surface area contributed by atoms with Crippen LogP contribution < -0.4 is 0 Å². The minimum Gasteiger partial charge on any atom is -0.493 e. The van der Waals surface area contributed by atoms with Crippen LogP contribution in [0.2, 0.25) is 18.1 Å². The van der Waals surface area contributed by atoms with Crippen LogP contribution in [0.25, 0.3) is 0 Å². The number of alkyl halides is 1. The number of hydrogen-bond acceptors (Lipinski definition) is 12. The number of halogens is 1. The van der Waals surface area contributed by atoms with Gasteiger partial charge in [0.25, 0.3) is 10.1 Å². The number of carbonyl (C=O) groups excluding carboxylic acids is 1. The molecule has 0 spiro atoms. The molecule has 0 aliphatic carbocycles. The number of hydrogen-bond donors (Lipinski definition) is 0. The summed E-state index contributed by atoms with van der Waals surface area (Å²) in [5, 5.41) is 0.0598. The first kappa shape index (κ1) is 44.2. The van der Waals surface area contributed by atoms with Gasteiger partial charge in [-0.25, -0.2) is 0 Å². The summed E-state index contributed by atoms with van der Waals surface area (Å²) in [5.74, 6) is -0.468. The van der Waals surface area contributed by atoms with E-state index in [9.17, 15) is 13.2 Å². The second kappa shape index (κ2) is 18.8. The fourth-order valence-electron chi connectivity index (χ4n) is 6.42. The van der Waals surface area contributed by atoms with Crippen molar-refractivity contribution < 1.29 is 55.0 Å². The van der Waals surface area contributed by atoms with Gasteiger partial charge in [-0.2, -0.15) is 8.42 Å². The molecule has 0 bridgehead atoms. The van der Waals surface area contributed by atoms with E-state index < -0.39 is 77.5 Å². The summed E-state index contributed by atoms with van der Waals surface area (Å²) in [7, 11) is -6.15. The van der Waals surface area contributed by atoms with Gasteiger partial charge in [-0.15, -0.1) is 0 Å². The maximum atomic E-state index is 13.2. The average molecular weight is 917 g/mol. The van der Waals surface area contributed by atoms with Gasteiger partial charge in [0.15, 0.2) is 33.1 Å². The van der Waals surface area contributed by atoms with Crippen LogP contribution >= 0.6 is 22.6 Å². The molecule has 0 N–H and O–H groups in total. The van der Waals surface area contributed by atoms with E-state index >= 15 is 0 Å². The second-order valence-electron chi connectivity index (χ2n) is 16.0. The number of benzene rings is 2. The van der Waals surface area contributed by atoms with E-state index in [0.717, 1.165) is 17.5 Å². The second-order valence-corrected chi connectivity index (χ2v) is 23.8. The Morgan fingerprint density at radius 1 is 0.927 bits per heavy atom. The van der Waals surface area contributed by atoms with Crippen molar-refractivity contribution in [1.29, 1.82) is 0 Å². The van der Waals surface area contributed by atoms with Crippen molar-refractivity contribution in [2.45, 2.75) is 156 Å². The zero-order valence-electron chi connectivity index (χ0n) is 33.2. The molecule has 5 rings (SSSR count). The van der Waals surface area contributed by atoms with Crippen molar-refractivity contribution in [2.24, 2.45) is 0 Å². The molecule has 55 heavy (non-hydrogen) atoms. The largest absolute Gasteiger partial charge is 0.493 e. The Bertz CT molecular complexity index is 1690. The topological polar surface area (TPSA) is 134 Å². The Morgan fingerprint density at radius 2 is 1.62 bits per heavy atom. The van der Waals surface area contributed by atoms with Crippen LogP contribution in [0.5, 0.6) is 0 Å². The summed E-state index contributed by atoms with van der Waals surface area (Å²) >= 11 is 2.20. The minimum atomic E-state index is -4.12. The zero-order chi connectivity index (χ0) is 40.1. The molecule has 0 unspecified atom stereocenters. The molecule has 3 aliphatic heterocycles. The van der Waals surface area contributed by atoms with E-state index in [1.807, 2.05) is 44.2 Å². The zero-order valence-corrected chi connectivity index (χ0v) is 37.2. The summed E-state index contributed by atoms with van der Waals surface area (Å²) < 4.78 is 82.5. The molecule has 0 amide bonds. The predicted molar refractivity (Wildman–Crippen MR) is 216 cm³/mol. The summed E-state index contributed by atoms with van der Waals surface area (Å²) in [5.41, 5.74) is 1.87. The lowest BCUT2D eigenvalue weighted by molar-refractivity contribution is -0.308. The summed E-state index contributed by atoms with van der Waals surface area (Å²) in [6.45, 7) is 18.1. The molecule has 0 aromatic heterocycles. The number of aryl methyl sites for hydroxylation is 1. The van der Waals surface area contributed by atoms with Gasteiger partial charge in [-0.1, -0.05) is 91.4 Å². The van der Waals surface area contributed by atoms with Gasteiger partial charge in [0.2, 0.25) is 0 Å². The molecule has 3 aliphatic rings. The van der Waals surface area contributed by atoms with Crippen LogP contribution in [0.1, 0.15) is 65.5 Å². The lowest BCUT2D eigenvalue weighted by Gasteiger charge is -2.47. The van der Waals surface area contributed by atoms with E-state index in [1.54, 1.807) is 25.1 Å². The Balaban J connectivity index is 1.34. The highest BCUT2D eigenvalue weighted by atomic mass is 127. The van der Waals surface area contributed by atoms with Gasteiger partial charge < -0.3 is 37.6 Å². The molecule has 0 radical (unpaired) electrons. The fraction of sp³-hybridized carbons (Fsp3) is 0.625. The molecule has 2 fully saturated rings. The number of esters is 1. The number of carbonyl (C=O) groups is 1. The third-order valence-corrected chi connectivity index (χ3v) is 17.7. The average Bonchev–Trinajstić information content (AvgIpc) is 3.11. The van der Waals surface area contributed by atoms with E-state index in [0.29, 0.717) is 6.42 Å². The van der Waals surface area contributed by atoms with Crippen molar-refractivity contribution in [3.8, 4) is 0 Å². The van der Waals surface area contributed by atoms with Crippen molar-refractivity contribution in [1.82, 2.24) is 0 Å². The Labute approximate surface area is 341 Å². The SMILES string of the molecule is CC(=O)O[C@H]1[C@H](O[C@H]2CC[C@H](O[Si](C)(C)C(C)(C)C)[C@H](C)O2)[C@@H](I)[C@H](O[C@H]2[C@H](OCc3ccccc3)C=CO[C@@H]2COS(=O)(=O)c2ccc(C)cc2)O[C@@H]1C. The lowest BCUT2D eigenvalue weighted by Crippen LogP contribution is -2.61. The number of ether oxygens (including phenoxy) is 7. The van der Waals surface area contributed by atoms with Crippen molar-refractivity contribution in [2.75, 3.05) is 6.61 Å². The lowest BCUT2D eigenvalue weighted by atomic mass is 10.0. The first-order valence-corrected chi connectivity index (χ1v) is 24.5. The molecule has 11 atom stereocenters. The van der Waals surface area contributed by atoms with E-state index in [2.05, 4.69) is 56.5 Å². The molecule has 0 saturated carbocycles. The molecule has 2 aromatic carbocycles. The highest BCUT2D eigenvalue weighted by Crippen LogP contribution is 2.40. The molecule has 12 nitrogen and oxygen atoms in total. The third kappa shape index (κ3) is 11.6. The van der Waals surface area contributed by atoms with Crippen molar-refractivity contribution in [3.63, 3.8) is 0 Å². The first-order chi connectivity index (χ1) is 25.8. The van der Waals surface area contributed by atoms with Crippen molar-refractivity contribution in [3.05, 3.63) is 78.1 Å². The van der Waals surface area contributed by atoms with Gasteiger partial charge in [-0.05, 0) is 69.1 Å². The molecular weight excluding hydrogens is 859 g/mol. The van der Waals surface area contributed by atoms with Crippen molar-refractivity contribution >= 4 is 47.0 Å². The molecule has 306 valence electrons. The van der Waals surface area contributed by atoms with E-state index in [4.69, 9.17) is 41.8 Å². The highest BCUT2D eigenvalue weighted by Gasteiger charge is 2.51. The molecule has 3 heterocycles. The van der Waals surface area contributed by atoms with Crippen LogP contribution in [0, 0.1) is 6.92 Å². The van der Waals surface area contributed by atoms with Crippen LogP contribution in [-0.2, 0) is 63.3 Å². The maximum absolute atomic E-state index is 13.2. The Kier molecular flexibility index (Phi) is 15.1. The van der Waals surface area contributed by atoms with Gasteiger partial charge in [0.1, 0.15) is 24.9 Å². The van der Waals surface area contributed by atoms with Gasteiger partial charge in [0, 0.05) is 13.3 Å². The summed E-state index contributed by atoms with van der Waals surface area (Å²) in [4.78, 5) is 12.4. The Morgan fingerprint density at radius 3 is 2.25 bits per heavy atom. The summed E-state index contributed by atoms with van der Waals surface area (Å²) in [6.07, 6.45) is -1.78. The van der Waals surface area contributed by atoms with Crippen LogP contribution in [-0.4, -0.2) is 94.6 Å². The standard InChI is InChI=1S/C40H57IO12SSi/c1-25-15-17-30(18-16-25)54(43,44)47-24-33-37(32(21-22-45-33)46-23-29-13-11-10-12-14-29)52-39-35(41)38(36(27(3)49-39)50-28(4)42)51-34-20-19-31(26(2)48-34)53-55(8,9)40(5,6)7/h10-18,21-22,26-27,31-39H,19-20,23-24H2,1-9H3/t26-,27+,31-,32+,33+,34-,35+,36+,37-,38+,39-/m0/s1. The molecule has 2 saturated heterocycles.